The molecule has 3 rings (SSSR count). The quantitative estimate of drug-likeness (QED) is 0.897. The van der Waals surface area contributed by atoms with E-state index in [0.29, 0.717) is 11.5 Å². The summed E-state index contributed by atoms with van der Waals surface area (Å²) >= 11 is 0. The smallest absolute Gasteiger partial charge is 0.323 e. The van der Waals surface area contributed by atoms with Gasteiger partial charge in [0.2, 0.25) is 0 Å². The fourth-order valence-electron chi connectivity index (χ4n) is 2.72. The number of hydrogen-bond donors (Lipinski definition) is 1. The lowest BCUT2D eigenvalue weighted by atomic mass is 9.90. The highest BCUT2D eigenvalue weighted by Gasteiger charge is 2.31. The molecule has 2 saturated carbocycles. The normalized spacial score (nSPS) is 18.4. The lowest BCUT2D eigenvalue weighted by Gasteiger charge is -2.36. The molecule has 0 unspecified atom stereocenters. The van der Waals surface area contributed by atoms with Crippen molar-refractivity contribution in [3.63, 3.8) is 0 Å². The van der Waals surface area contributed by atoms with Gasteiger partial charge in [-0.25, -0.2) is 0 Å². The number of nitrogens with zero attached hydrogens (tertiary/aromatic N) is 1. The zero-order valence-corrected chi connectivity index (χ0v) is 11.4. The lowest BCUT2D eigenvalue weighted by molar-refractivity contribution is -0.138. The maximum absolute atomic E-state index is 12.6. The van der Waals surface area contributed by atoms with E-state index in [-0.39, 0.29) is 18.5 Å². The second-order valence-electron chi connectivity index (χ2n) is 5.81. The first-order chi connectivity index (χ1) is 9.65. The van der Waals surface area contributed by atoms with Crippen LogP contribution in [-0.2, 0) is 4.79 Å². The van der Waals surface area contributed by atoms with Crippen LogP contribution in [0.3, 0.4) is 0 Å². The Morgan fingerprint density at radius 1 is 1.20 bits per heavy atom. The van der Waals surface area contributed by atoms with Crippen LogP contribution in [0.25, 0.3) is 0 Å². The van der Waals surface area contributed by atoms with E-state index in [1.54, 1.807) is 6.07 Å². The molecule has 0 saturated heterocycles. The van der Waals surface area contributed by atoms with Gasteiger partial charge in [-0.05, 0) is 55.7 Å². The molecule has 0 aliphatic heterocycles. The Hall–Kier alpha value is -1.84. The van der Waals surface area contributed by atoms with E-state index in [4.69, 9.17) is 5.11 Å². The van der Waals surface area contributed by atoms with Crippen LogP contribution in [0, 0.1) is 0 Å². The molecule has 4 nitrogen and oxygen atoms in total. The molecule has 4 heteroatoms. The van der Waals surface area contributed by atoms with Crippen LogP contribution in [0.2, 0.25) is 0 Å². The van der Waals surface area contributed by atoms with E-state index in [1.165, 1.54) is 23.3 Å². The molecule has 1 aromatic carbocycles. The third-order valence-electron chi connectivity index (χ3n) is 4.26. The molecule has 1 amide bonds. The summed E-state index contributed by atoms with van der Waals surface area (Å²) in [6.07, 6.45) is 5.30. The first kappa shape index (κ1) is 13.2. The van der Waals surface area contributed by atoms with Crippen LogP contribution in [0.5, 0.6) is 0 Å². The average molecular weight is 273 g/mol. The molecular weight excluding hydrogens is 254 g/mol. The van der Waals surface area contributed by atoms with E-state index < -0.39 is 5.97 Å². The Morgan fingerprint density at radius 3 is 2.50 bits per heavy atom. The summed E-state index contributed by atoms with van der Waals surface area (Å²) in [7, 11) is 0. The number of amides is 1. The van der Waals surface area contributed by atoms with Gasteiger partial charge in [-0.1, -0.05) is 12.1 Å². The predicted molar refractivity (Wildman–Crippen MR) is 74.7 cm³/mol. The fraction of sp³-hybridized carbons (Fsp3) is 0.500. The van der Waals surface area contributed by atoms with Gasteiger partial charge in [-0.15, -0.1) is 0 Å². The number of benzene rings is 1. The van der Waals surface area contributed by atoms with Crippen LogP contribution in [0.1, 0.15) is 53.9 Å². The van der Waals surface area contributed by atoms with Crippen molar-refractivity contribution in [2.45, 2.75) is 44.1 Å². The van der Waals surface area contributed by atoms with E-state index in [2.05, 4.69) is 6.07 Å². The van der Waals surface area contributed by atoms with Crippen LogP contribution in [-0.4, -0.2) is 34.5 Å². The molecule has 106 valence electrons. The Labute approximate surface area is 118 Å². The zero-order valence-electron chi connectivity index (χ0n) is 11.4. The first-order valence-electron chi connectivity index (χ1n) is 7.28. The van der Waals surface area contributed by atoms with Crippen LogP contribution in [0.4, 0.5) is 0 Å². The summed E-state index contributed by atoms with van der Waals surface area (Å²) in [6.45, 7) is -0.197. The number of aliphatic carboxylic acids is 1. The minimum absolute atomic E-state index is 0.100. The first-order valence-corrected chi connectivity index (χ1v) is 7.28. The van der Waals surface area contributed by atoms with Crippen molar-refractivity contribution >= 4 is 11.9 Å². The molecular formula is C16H19NO3. The van der Waals surface area contributed by atoms with Crippen molar-refractivity contribution in [3.05, 3.63) is 35.4 Å². The van der Waals surface area contributed by atoms with Gasteiger partial charge in [0.25, 0.3) is 5.91 Å². The van der Waals surface area contributed by atoms with Crippen molar-refractivity contribution in [3.8, 4) is 0 Å². The summed E-state index contributed by atoms with van der Waals surface area (Å²) in [5.74, 6) is -0.484. The Balaban J connectivity index is 1.80. The van der Waals surface area contributed by atoms with Gasteiger partial charge in [-0.2, -0.15) is 0 Å². The number of carbonyl (C=O) groups is 2. The Kier molecular flexibility index (Phi) is 3.47. The minimum atomic E-state index is -0.941. The largest absolute Gasteiger partial charge is 0.480 e. The Bertz CT molecular complexity index is 532. The SMILES string of the molecule is O=C(O)CN(C(=O)c1cccc(C2CC2)c1)C1CCC1. The molecule has 2 aliphatic rings. The highest BCUT2D eigenvalue weighted by Crippen LogP contribution is 2.40. The standard InChI is InChI=1S/C16H19NO3/c18-15(19)10-17(14-5-2-6-14)16(20)13-4-1-3-12(9-13)11-7-8-11/h1,3-4,9,11,14H,2,5-8,10H2,(H,18,19). The number of carboxylic acids is 1. The van der Waals surface area contributed by atoms with Crippen molar-refractivity contribution in [2.75, 3.05) is 6.54 Å². The molecule has 2 aliphatic carbocycles. The van der Waals surface area contributed by atoms with Gasteiger partial charge < -0.3 is 10.0 Å². The van der Waals surface area contributed by atoms with Crippen LogP contribution < -0.4 is 0 Å². The summed E-state index contributed by atoms with van der Waals surface area (Å²) in [6, 6.07) is 7.79. The summed E-state index contributed by atoms with van der Waals surface area (Å²) in [4.78, 5) is 25.1. The van der Waals surface area contributed by atoms with Crippen molar-refractivity contribution < 1.29 is 14.7 Å². The van der Waals surface area contributed by atoms with E-state index >= 15 is 0 Å². The second kappa shape index (κ2) is 5.27. The molecule has 0 radical (unpaired) electrons. The molecule has 1 aromatic rings. The minimum Gasteiger partial charge on any atom is -0.480 e. The third-order valence-corrected chi connectivity index (χ3v) is 4.26. The van der Waals surface area contributed by atoms with E-state index in [9.17, 15) is 9.59 Å². The molecule has 0 spiro atoms. The molecule has 0 atom stereocenters. The molecule has 20 heavy (non-hydrogen) atoms. The second-order valence-corrected chi connectivity index (χ2v) is 5.81. The maximum atomic E-state index is 12.6. The monoisotopic (exact) mass is 273 g/mol. The average Bonchev–Trinajstić information content (AvgIpc) is 3.19. The topological polar surface area (TPSA) is 57.6 Å². The van der Waals surface area contributed by atoms with Gasteiger partial charge in [-0.3, -0.25) is 9.59 Å². The van der Waals surface area contributed by atoms with Gasteiger partial charge in [0, 0.05) is 11.6 Å². The van der Waals surface area contributed by atoms with E-state index in [1.807, 2.05) is 12.1 Å². The fourth-order valence-corrected chi connectivity index (χ4v) is 2.72. The van der Waals surface area contributed by atoms with Crippen LogP contribution >= 0.6 is 0 Å². The highest BCUT2D eigenvalue weighted by molar-refractivity contribution is 5.96. The van der Waals surface area contributed by atoms with E-state index in [0.717, 1.165) is 19.3 Å². The molecule has 0 heterocycles. The molecule has 2 fully saturated rings. The van der Waals surface area contributed by atoms with Gasteiger partial charge in [0.1, 0.15) is 6.54 Å². The van der Waals surface area contributed by atoms with Crippen molar-refractivity contribution in [2.24, 2.45) is 0 Å². The highest BCUT2D eigenvalue weighted by atomic mass is 16.4. The number of hydrogen-bond acceptors (Lipinski definition) is 2. The summed E-state index contributed by atoms with van der Waals surface area (Å²) < 4.78 is 0. The Morgan fingerprint density at radius 2 is 1.95 bits per heavy atom. The maximum Gasteiger partial charge on any atom is 0.323 e. The lowest BCUT2D eigenvalue weighted by Crippen LogP contribution is -2.46. The zero-order chi connectivity index (χ0) is 14.1. The van der Waals surface area contributed by atoms with Gasteiger partial charge >= 0.3 is 5.97 Å². The molecule has 0 bridgehead atoms. The van der Waals surface area contributed by atoms with Crippen molar-refractivity contribution in [1.29, 1.82) is 0 Å². The third kappa shape index (κ3) is 2.69. The van der Waals surface area contributed by atoms with Crippen LogP contribution in [0.15, 0.2) is 24.3 Å². The number of carbonyl (C=O) groups excluding carboxylic acids is 1. The molecule has 1 N–H and O–H groups in total. The summed E-state index contributed by atoms with van der Waals surface area (Å²) in [5, 5.41) is 9.01. The number of carboxylic acid groups (broad SMARTS) is 1. The number of rotatable bonds is 5. The summed E-state index contributed by atoms with van der Waals surface area (Å²) in [5.41, 5.74) is 1.84. The van der Waals surface area contributed by atoms with Gasteiger partial charge in [0.15, 0.2) is 0 Å². The van der Waals surface area contributed by atoms with Gasteiger partial charge in [0.05, 0.1) is 0 Å². The molecule has 0 aromatic heterocycles. The van der Waals surface area contributed by atoms with Crippen molar-refractivity contribution in [1.82, 2.24) is 4.90 Å². The predicted octanol–water partition coefficient (Wildman–Crippen LogP) is 2.64.